The van der Waals surface area contributed by atoms with Gasteiger partial charge in [0.1, 0.15) is 5.82 Å². The zero-order valence-corrected chi connectivity index (χ0v) is 13.6. The monoisotopic (exact) mass is 342 g/mol. The molecule has 0 radical (unpaired) electrons. The zero-order chi connectivity index (χ0) is 18.0. The second-order valence-electron chi connectivity index (χ2n) is 6.20. The number of hydrogen-bond donors (Lipinski definition) is 2. The maximum atomic E-state index is 13.5. The normalized spacial score (nSPS) is 19.8. The third-order valence-electron chi connectivity index (χ3n) is 4.46. The molecule has 3 rings (SSSR count). The van der Waals surface area contributed by atoms with Gasteiger partial charge in [0.15, 0.2) is 0 Å². The minimum absolute atomic E-state index is 0.00233. The van der Waals surface area contributed by atoms with Crippen molar-refractivity contribution in [1.82, 2.24) is 4.90 Å². The predicted molar refractivity (Wildman–Crippen MR) is 90.1 cm³/mol. The lowest BCUT2D eigenvalue weighted by Crippen LogP contribution is -2.33. The summed E-state index contributed by atoms with van der Waals surface area (Å²) in [4.78, 5) is 25.8. The molecule has 2 atom stereocenters. The lowest BCUT2D eigenvalue weighted by molar-refractivity contribution is -0.131. The molecule has 1 aliphatic heterocycles. The fraction of sp³-hybridized carbons (Fsp3) is 0.263. The van der Waals surface area contributed by atoms with Crippen molar-refractivity contribution in [3.63, 3.8) is 0 Å². The molecule has 0 spiro atoms. The highest BCUT2D eigenvalue weighted by molar-refractivity contribution is 5.95. The molecule has 130 valence electrons. The van der Waals surface area contributed by atoms with Gasteiger partial charge < -0.3 is 15.7 Å². The van der Waals surface area contributed by atoms with Crippen LogP contribution in [-0.2, 0) is 11.2 Å². The van der Waals surface area contributed by atoms with E-state index in [0.717, 1.165) is 0 Å². The van der Waals surface area contributed by atoms with Crippen molar-refractivity contribution >= 4 is 11.8 Å². The van der Waals surface area contributed by atoms with Crippen molar-refractivity contribution in [1.29, 1.82) is 0 Å². The van der Waals surface area contributed by atoms with E-state index in [0.29, 0.717) is 23.1 Å². The maximum absolute atomic E-state index is 13.5. The number of rotatable bonds is 4. The molecule has 6 heteroatoms. The van der Waals surface area contributed by atoms with Crippen LogP contribution in [0.15, 0.2) is 48.5 Å². The molecular formula is C19H19FN2O3. The van der Waals surface area contributed by atoms with E-state index in [4.69, 9.17) is 5.73 Å². The number of benzene rings is 2. The molecule has 1 fully saturated rings. The highest BCUT2D eigenvalue weighted by atomic mass is 19.1. The fourth-order valence-corrected chi connectivity index (χ4v) is 3.30. The first-order valence-corrected chi connectivity index (χ1v) is 8.06. The summed E-state index contributed by atoms with van der Waals surface area (Å²) >= 11 is 0. The maximum Gasteiger partial charge on any atom is 0.248 e. The first-order valence-electron chi connectivity index (χ1n) is 8.06. The van der Waals surface area contributed by atoms with E-state index in [-0.39, 0.29) is 30.7 Å². The molecule has 1 heterocycles. The summed E-state index contributed by atoms with van der Waals surface area (Å²) in [6.07, 6.45) is -0.312. The van der Waals surface area contributed by atoms with Gasteiger partial charge >= 0.3 is 0 Å². The largest absolute Gasteiger partial charge is 0.391 e. The molecule has 0 aliphatic carbocycles. The van der Waals surface area contributed by atoms with Gasteiger partial charge in [-0.05, 0) is 35.7 Å². The van der Waals surface area contributed by atoms with Crippen molar-refractivity contribution in [3.8, 4) is 0 Å². The molecule has 2 aromatic rings. The van der Waals surface area contributed by atoms with Gasteiger partial charge in [0, 0.05) is 12.1 Å². The van der Waals surface area contributed by atoms with Crippen molar-refractivity contribution in [2.75, 3.05) is 6.54 Å². The summed E-state index contributed by atoms with van der Waals surface area (Å²) < 4.78 is 13.5. The molecule has 1 aliphatic rings. The van der Waals surface area contributed by atoms with Crippen molar-refractivity contribution in [2.45, 2.75) is 25.0 Å². The van der Waals surface area contributed by atoms with E-state index in [1.807, 2.05) is 0 Å². The molecule has 2 aromatic carbocycles. The SMILES string of the molecule is NC(=O)c1ccccc1CC(=O)N1C[C@@H](O)C[C@@H]1c1cccc(F)c1. The van der Waals surface area contributed by atoms with Gasteiger partial charge in [-0.2, -0.15) is 0 Å². The van der Waals surface area contributed by atoms with E-state index in [9.17, 15) is 19.1 Å². The Morgan fingerprint density at radius 3 is 2.68 bits per heavy atom. The van der Waals surface area contributed by atoms with Crippen molar-refractivity contribution < 1.29 is 19.1 Å². The molecule has 3 N–H and O–H groups in total. The van der Waals surface area contributed by atoms with Gasteiger partial charge in [-0.3, -0.25) is 9.59 Å². The molecule has 25 heavy (non-hydrogen) atoms. The molecule has 0 aromatic heterocycles. The Labute approximate surface area is 144 Å². The Morgan fingerprint density at radius 1 is 1.20 bits per heavy atom. The number of hydrogen-bond acceptors (Lipinski definition) is 3. The highest BCUT2D eigenvalue weighted by Gasteiger charge is 2.35. The number of carbonyl (C=O) groups is 2. The van der Waals surface area contributed by atoms with Crippen LogP contribution in [0.3, 0.4) is 0 Å². The van der Waals surface area contributed by atoms with Crippen LogP contribution >= 0.6 is 0 Å². The number of aliphatic hydroxyl groups is 1. The number of aliphatic hydroxyl groups excluding tert-OH is 1. The van der Waals surface area contributed by atoms with Crippen LogP contribution in [0.25, 0.3) is 0 Å². The van der Waals surface area contributed by atoms with Crippen LogP contribution in [0.5, 0.6) is 0 Å². The first-order chi connectivity index (χ1) is 12.0. The molecule has 0 bridgehead atoms. The summed E-state index contributed by atoms with van der Waals surface area (Å²) in [6.45, 7) is 0.179. The molecule has 0 saturated carbocycles. The Morgan fingerprint density at radius 2 is 1.96 bits per heavy atom. The van der Waals surface area contributed by atoms with Crippen LogP contribution in [-0.4, -0.2) is 34.5 Å². The zero-order valence-electron chi connectivity index (χ0n) is 13.6. The summed E-state index contributed by atoms with van der Waals surface area (Å²) in [5, 5.41) is 10.00. The van der Waals surface area contributed by atoms with Crippen molar-refractivity contribution in [2.24, 2.45) is 5.73 Å². The van der Waals surface area contributed by atoms with E-state index < -0.39 is 12.0 Å². The molecule has 5 nitrogen and oxygen atoms in total. The Balaban J connectivity index is 1.84. The minimum atomic E-state index is -0.663. The standard InChI is InChI=1S/C19H19FN2O3/c20-14-6-3-5-13(8-14)17-10-15(23)11-22(17)18(24)9-12-4-1-2-7-16(12)19(21)25/h1-8,15,17,23H,9-11H2,(H2,21,25)/t15-,17+/m0/s1. The van der Waals surface area contributed by atoms with Crippen LogP contribution < -0.4 is 5.73 Å². The minimum Gasteiger partial charge on any atom is -0.391 e. The summed E-state index contributed by atoms with van der Waals surface area (Å²) in [6, 6.07) is 12.3. The van der Waals surface area contributed by atoms with E-state index >= 15 is 0 Å². The van der Waals surface area contributed by atoms with Crippen LogP contribution in [0.2, 0.25) is 0 Å². The van der Waals surface area contributed by atoms with Gasteiger partial charge in [0.2, 0.25) is 11.8 Å². The number of amides is 2. The molecule has 1 saturated heterocycles. The average Bonchev–Trinajstić information content (AvgIpc) is 2.97. The summed E-state index contributed by atoms with van der Waals surface area (Å²) in [5.74, 6) is -1.21. The number of carbonyl (C=O) groups excluding carboxylic acids is 2. The predicted octanol–water partition coefficient (Wildman–Crippen LogP) is 1.80. The molecule has 2 amide bonds. The fourth-order valence-electron chi connectivity index (χ4n) is 3.30. The van der Waals surface area contributed by atoms with E-state index in [1.165, 1.54) is 17.0 Å². The second kappa shape index (κ2) is 7.03. The van der Waals surface area contributed by atoms with E-state index in [1.54, 1.807) is 36.4 Å². The van der Waals surface area contributed by atoms with Crippen LogP contribution in [0, 0.1) is 5.82 Å². The Kier molecular flexibility index (Phi) is 4.81. The average molecular weight is 342 g/mol. The Bertz CT molecular complexity index is 809. The van der Waals surface area contributed by atoms with Crippen molar-refractivity contribution in [3.05, 3.63) is 71.0 Å². The lowest BCUT2D eigenvalue weighted by atomic mass is 10.0. The second-order valence-corrected chi connectivity index (χ2v) is 6.20. The topological polar surface area (TPSA) is 83.6 Å². The number of β-amino-alcohol motifs (C(OH)–C–C–N with tert-alkyl or cyclic N) is 1. The van der Waals surface area contributed by atoms with Gasteiger partial charge in [0.25, 0.3) is 0 Å². The number of halogens is 1. The molecular weight excluding hydrogens is 323 g/mol. The lowest BCUT2D eigenvalue weighted by Gasteiger charge is -2.25. The van der Waals surface area contributed by atoms with Gasteiger partial charge in [-0.1, -0.05) is 30.3 Å². The summed E-state index contributed by atoms with van der Waals surface area (Å²) in [7, 11) is 0. The third-order valence-corrected chi connectivity index (χ3v) is 4.46. The van der Waals surface area contributed by atoms with Gasteiger partial charge in [-0.15, -0.1) is 0 Å². The molecule has 0 unspecified atom stereocenters. The number of nitrogens with zero attached hydrogens (tertiary/aromatic N) is 1. The number of primary amides is 1. The van der Waals surface area contributed by atoms with Crippen LogP contribution in [0.4, 0.5) is 4.39 Å². The number of nitrogens with two attached hydrogens (primary N) is 1. The third kappa shape index (κ3) is 3.69. The smallest absolute Gasteiger partial charge is 0.248 e. The first kappa shape index (κ1) is 17.1. The summed E-state index contributed by atoms with van der Waals surface area (Å²) in [5.41, 5.74) is 6.85. The van der Waals surface area contributed by atoms with E-state index in [2.05, 4.69) is 0 Å². The van der Waals surface area contributed by atoms with Gasteiger partial charge in [-0.25, -0.2) is 4.39 Å². The number of likely N-dealkylation sites (tertiary alicyclic amines) is 1. The Hall–Kier alpha value is -2.73. The quantitative estimate of drug-likeness (QED) is 0.889. The highest BCUT2D eigenvalue weighted by Crippen LogP contribution is 2.33. The van der Waals surface area contributed by atoms with Gasteiger partial charge in [0.05, 0.1) is 18.6 Å². The van der Waals surface area contributed by atoms with Crippen LogP contribution in [0.1, 0.15) is 33.9 Å².